The van der Waals surface area contributed by atoms with Crippen LogP contribution in [0.15, 0.2) is 84.1 Å². The van der Waals surface area contributed by atoms with E-state index in [9.17, 15) is 9.59 Å². The highest BCUT2D eigenvalue weighted by molar-refractivity contribution is 5.98. The maximum atomic E-state index is 13.1. The van der Waals surface area contributed by atoms with Crippen molar-refractivity contribution in [1.29, 1.82) is 5.26 Å². The molecule has 0 saturated carbocycles. The van der Waals surface area contributed by atoms with Crippen LogP contribution in [0.4, 0.5) is 5.69 Å². The zero-order valence-electron chi connectivity index (χ0n) is 22.5. The molecular formula is C31H34N6O3. The van der Waals surface area contributed by atoms with Gasteiger partial charge in [0.1, 0.15) is 6.61 Å². The molecule has 1 aliphatic rings. The van der Waals surface area contributed by atoms with Gasteiger partial charge in [-0.05, 0) is 61.1 Å². The van der Waals surface area contributed by atoms with Crippen LogP contribution in [0.25, 0.3) is 0 Å². The lowest BCUT2D eigenvalue weighted by molar-refractivity contribution is 0.0472. The molecule has 9 heteroatoms. The van der Waals surface area contributed by atoms with Crippen LogP contribution in [0.2, 0.25) is 0 Å². The molecule has 4 rings (SSSR count). The van der Waals surface area contributed by atoms with Gasteiger partial charge in [0.2, 0.25) is 5.96 Å². The third-order valence-electron chi connectivity index (χ3n) is 6.85. The number of nitriles is 1. The number of amides is 1. The zero-order chi connectivity index (χ0) is 28.0. The first kappa shape index (κ1) is 28.3. The average molecular weight is 539 g/mol. The molecule has 2 aromatic carbocycles. The van der Waals surface area contributed by atoms with Crippen LogP contribution >= 0.6 is 0 Å². The Morgan fingerprint density at radius 3 is 2.58 bits per heavy atom. The minimum absolute atomic E-state index is 0.0517. The largest absolute Gasteiger partial charge is 0.457 e. The Hall–Kier alpha value is -4.71. The molecule has 3 aromatic rings. The number of aromatic nitrogens is 1. The number of unbranched alkanes of at least 4 members (excludes halogenated alkanes) is 1. The number of piperidine rings is 1. The number of guanidine groups is 1. The van der Waals surface area contributed by atoms with Crippen molar-refractivity contribution in [3.63, 3.8) is 0 Å². The highest BCUT2D eigenvalue weighted by atomic mass is 16.5. The third kappa shape index (κ3) is 8.67. The van der Waals surface area contributed by atoms with E-state index in [1.54, 1.807) is 36.7 Å². The number of nitrogens with one attached hydrogen (secondary N) is 2. The molecule has 2 heterocycles. The van der Waals surface area contributed by atoms with E-state index >= 15 is 0 Å². The van der Waals surface area contributed by atoms with Gasteiger partial charge in [-0.2, -0.15) is 5.26 Å². The first-order valence-electron chi connectivity index (χ1n) is 13.6. The van der Waals surface area contributed by atoms with Crippen LogP contribution in [-0.4, -0.2) is 47.4 Å². The maximum Gasteiger partial charge on any atom is 0.338 e. The Morgan fingerprint density at radius 2 is 1.82 bits per heavy atom. The minimum atomic E-state index is -0.440. The SMILES string of the molecule is N#CNC(=NCCCCC1CCN(C(=O)c2cccc(C(=O)OCc3ccccc3)c2)CC1)Nc1cccnc1. The lowest BCUT2D eigenvalue weighted by Crippen LogP contribution is -2.38. The number of anilines is 1. The predicted molar refractivity (Wildman–Crippen MR) is 153 cm³/mol. The van der Waals surface area contributed by atoms with Crippen molar-refractivity contribution in [3.05, 3.63) is 95.8 Å². The highest BCUT2D eigenvalue weighted by Crippen LogP contribution is 2.24. The number of benzene rings is 2. The number of hydrogen-bond donors (Lipinski definition) is 2. The molecule has 0 bridgehead atoms. The summed E-state index contributed by atoms with van der Waals surface area (Å²) < 4.78 is 5.42. The van der Waals surface area contributed by atoms with Crippen LogP contribution in [-0.2, 0) is 11.3 Å². The first-order chi connectivity index (χ1) is 19.6. The van der Waals surface area contributed by atoms with Gasteiger partial charge in [-0.25, -0.2) is 4.79 Å². The Balaban J connectivity index is 1.18. The van der Waals surface area contributed by atoms with E-state index in [0.717, 1.165) is 43.4 Å². The van der Waals surface area contributed by atoms with Crippen molar-refractivity contribution in [2.24, 2.45) is 10.9 Å². The van der Waals surface area contributed by atoms with Crippen molar-refractivity contribution in [2.75, 3.05) is 25.0 Å². The minimum Gasteiger partial charge on any atom is -0.457 e. The molecule has 2 N–H and O–H groups in total. The fraction of sp³-hybridized carbons (Fsp3) is 0.323. The van der Waals surface area contributed by atoms with Crippen molar-refractivity contribution in [3.8, 4) is 6.19 Å². The molecule has 0 radical (unpaired) electrons. The standard InChI is InChI=1S/C31H34N6O3/c32-23-35-31(36-28-13-7-16-33-21-28)34-17-5-4-8-24-14-18-37(19-15-24)29(38)26-11-6-12-27(20-26)30(39)40-22-25-9-2-1-3-10-25/h1-3,6-7,9-13,16,20-21,24H,4-5,8,14-15,17-19,22H2,(H2,34,35,36). The number of carbonyl (C=O) groups excluding carboxylic acids is 2. The smallest absolute Gasteiger partial charge is 0.338 e. The molecule has 206 valence electrons. The first-order valence-corrected chi connectivity index (χ1v) is 13.6. The molecule has 1 aliphatic heterocycles. The molecule has 1 fully saturated rings. The van der Waals surface area contributed by atoms with E-state index in [-0.39, 0.29) is 12.5 Å². The summed E-state index contributed by atoms with van der Waals surface area (Å²) in [5.41, 5.74) is 2.56. The summed E-state index contributed by atoms with van der Waals surface area (Å²) in [4.78, 5) is 36.0. The summed E-state index contributed by atoms with van der Waals surface area (Å²) in [5.74, 6) is 0.488. The summed E-state index contributed by atoms with van der Waals surface area (Å²) in [7, 11) is 0. The van der Waals surface area contributed by atoms with E-state index in [1.807, 2.05) is 53.6 Å². The monoisotopic (exact) mass is 538 g/mol. The number of hydrogen-bond acceptors (Lipinski definition) is 6. The van der Waals surface area contributed by atoms with Crippen molar-refractivity contribution < 1.29 is 14.3 Å². The van der Waals surface area contributed by atoms with Crippen LogP contribution in [0.5, 0.6) is 0 Å². The Kier molecular flexibility index (Phi) is 10.6. The van der Waals surface area contributed by atoms with E-state index in [1.165, 1.54) is 0 Å². The number of nitrogens with zero attached hydrogens (tertiary/aromatic N) is 4. The molecule has 0 spiro atoms. The van der Waals surface area contributed by atoms with Crippen molar-refractivity contribution in [2.45, 2.75) is 38.7 Å². The van der Waals surface area contributed by atoms with Crippen LogP contribution in [0.3, 0.4) is 0 Å². The molecular weight excluding hydrogens is 504 g/mol. The fourth-order valence-corrected chi connectivity index (χ4v) is 4.67. The van der Waals surface area contributed by atoms with E-state index in [4.69, 9.17) is 10.00 Å². The normalized spacial score (nSPS) is 13.8. The van der Waals surface area contributed by atoms with E-state index < -0.39 is 5.97 Å². The maximum absolute atomic E-state index is 13.1. The summed E-state index contributed by atoms with van der Waals surface area (Å²) in [6, 6.07) is 20.0. The molecule has 9 nitrogen and oxygen atoms in total. The summed E-state index contributed by atoms with van der Waals surface area (Å²) >= 11 is 0. The van der Waals surface area contributed by atoms with Crippen LogP contribution in [0.1, 0.15) is 58.4 Å². The van der Waals surface area contributed by atoms with Gasteiger partial charge < -0.3 is 15.0 Å². The van der Waals surface area contributed by atoms with E-state index in [0.29, 0.717) is 42.6 Å². The van der Waals surface area contributed by atoms with Gasteiger partial charge >= 0.3 is 5.97 Å². The molecule has 1 aromatic heterocycles. The molecule has 0 aliphatic carbocycles. The number of pyridine rings is 1. The Morgan fingerprint density at radius 1 is 1.02 bits per heavy atom. The average Bonchev–Trinajstić information content (AvgIpc) is 3.01. The molecule has 1 saturated heterocycles. The highest BCUT2D eigenvalue weighted by Gasteiger charge is 2.24. The van der Waals surface area contributed by atoms with Crippen LogP contribution < -0.4 is 10.6 Å². The predicted octanol–water partition coefficient (Wildman–Crippen LogP) is 5.00. The van der Waals surface area contributed by atoms with Gasteiger partial charge in [0.05, 0.1) is 17.4 Å². The van der Waals surface area contributed by atoms with Gasteiger partial charge in [-0.3, -0.25) is 20.1 Å². The second-order valence-electron chi connectivity index (χ2n) is 9.71. The summed E-state index contributed by atoms with van der Waals surface area (Å²) in [6.07, 6.45) is 10.2. The third-order valence-corrected chi connectivity index (χ3v) is 6.85. The lowest BCUT2D eigenvalue weighted by Gasteiger charge is -2.32. The quantitative estimate of drug-likeness (QED) is 0.0931. The number of aliphatic imine (C=N–C) groups is 1. The number of ether oxygens (including phenoxy) is 1. The van der Waals surface area contributed by atoms with Gasteiger partial charge in [-0.15, -0.1) is 0 Å². The number of esters is 1. The second-order valence-corrected chi connectivity index (χ2v) is 9.71. The van der Waals surface area contributed by atoms with Crippen molar-refractivity contribution in [1.82, 2.24) is 15.2 Å². The lowest BCUT2D eigenvalue weighted by atomic mass is 9.91. The zero-order valence-corrected chi connectivity index (χ0v) is 22.5. The Bertz CT molecular complexity index is 1320. The summed E-state index contributed by atoms with van der Waals surface area (Å²) in [6.45, 7) is 2.21. The van der Waals surface area contributed by atoms with Gasteiger partial charge in [0.15, 0.2) is 6.19 Å². The topological polar surface area (TPSA) is 120 Å². The van der Waals surface area contributed by atoms with Crippen LogP contribution in [0, 0.1) is 17.4 Å². The van der Waals surface area contributed by atoms with Gasteiger partial charge in [-0.1, -0.05) is 49.2 Å². The number of likely N-dealkylation sites (tertiary alicyclic amines) is 1. The molecule has 40 heavy (non-hydrogen) atoms. The number of carbonyl (C=O) groups is 2. The number of rotatable bonds is 10. The molecule has 0 atom stereocenters. The van der Waals surface area contributed by atoms with Gasteiger partial charge in [0, 0.05) is 31.4 Å². The molecule has 0 unspecified atom stereocenters. The Labute approximate surface area is 234 Å². The van der Waals surface area contributed by atoms with Gasteiger partial charge in [0.25, 0.3) is 5.91 Å². The van der Waals surface area contributed by atoms with E-state index in [2.05, 4.69) is 20.6 Å². The fourth-order valence-electron chi connectivity index (χ4n) is 4.67. The summed E-state index contributed by atoms with van der Waals surface area (Å²) in [5, 5.41) is 14.6. The second kappa shape index (κ2) is 15.0. The van der Waals surface area contributed by atoms with Crippen molar-refractivity contribution >= 4 is 23.5 Å². The molecule has 1 amide bonds.